The standard InChI is InChI=1S/C19H22ClF3N4O2/c1-3-5-8-18(4-2)15(28)25-17-24-10-26(11-27(17)16(18)29)12-6-7-14(20)13(9-12)19(21,22)23/h6-7,9H,3-5,8,10-11H2,1-2H3,(H,24,25,28). The van der Waals surface area contributed by atoms with Gasteiger partial charge in [-0.15, -0.1) is 0 Å². The van der Waals surface area contributed by atoms with Gasteiger partial charge >= 0.3 is 6.18 Å². The molecule has 0 saturated carbocycles. The number of guanidine groups is 1. The van der Waals surface area contributed by atoms with Crippen LogP contribution in [0.1, 0.15) is 45.1 Å². The van der Waals surface area contributed by atoms with Crippen molar-refractivity contribution in [1.82, 2.24) is 10.2 Å². The van der Waals surface area contributed by atoms with E-state index < -0.39 is 22.2 Å². The molecule has 1 atom stereocenters. The highest BCUT2D eigenvalue weighted by atomic mass is 35.5. The molecule has 6 nitrogen and oxygen atoms in total. The molecule has 0 radical (unpaired) electrons. The molecule has 158 valence electrons. The molecule has 10 heteroatoms. The zero-order valence-corrected chi connectivity index (χ0v) is 16.9. The highest BCUT2D eigenvalue weighted by Crippen LogP contribution is 2.38. The van der Waals surface area contributed by atoms with Crippen LogP contribution in [0, 0.1) is 5.41 Å². The van der Waals surface area contributed by atoms with Gasteiger partial charge in [0.2, 0.25) is 17.8 Å². The van der Waals surface area contributed by atoms with E-state index in [1.165, 1.54) is 21.9 Å². The van der Waals surface area contributed by atoms with Gasteiger partial charge in [0.1, 0.15) is 18.8 Å². The van der Waals surface area contributed by atoms with E-state index in [-0.39, 0.29) is 36.8 Å². The fourth-order valence-corrected chi connectivity index (χ4v) is 3.87. The van der Waals surface area contributed by atoms with E-state index >= 15 is 0 Å². The van der Waals surface area contributed by atoms with Crippen LogP contribution in [0.3, 0.4) is 0 Å². The van der Waals surface area contributed by atoms with Crippen molar-refractivity contribution in [1.29, 1.82) is 0 Å². The Kier molecular flexibility index (Phi) is 5.80. The average molecular weight is 431 g/mol. The van der Waals surface area contributed by atoms with E-state index in [9.17, 15) is 22.8 Å². The molecule has 1 fully saturated rings. The fraction of sp³-hybridized carbons (Fsp3) is 0.526. The fourth-order valence-electron chi connectivity index (χ4n) is 3.64. The van der Waals surface area contributed by atoms with Gasteiger partial charge in [0, 0.05) is 5.69 Å². The van der Waals surface area contributed by atoms with Crippen LogP contribution in [0.25, 0.3) is 0 Å². The summed E-state index contributed by atoms with van der Waals surface area (Å²) in [5, 5.41) is 2.31. The van der Waals surface area contributed by atoms with E-state index in [4.69, 9.17) is 11.6 Å². The summed E-state index contributed by atoms with van der Waals surface area (Å²) >= 11 is 5.70. The molecule has 1 saturated heterocycles. The summed E-state index contributed by atoms with van der Waals surface area (Å²) < 4.78 is 39.6. The number of alkyl halides is 3. The Hall–Kier alpha value is -2.29. The predicted molar refractivity (Wildman–Crippen MR) is 103 cm³/mol. The molecule has 2 heterocycles. The third kappa shape index (κ3) is 3.80. The number of benzene rings is 1. The summed E-state index contributed by atoms with van der Waals surface area (Å²) in [6.07, 6.45) is -2.30. The van der Waals surface area contributed by atoms with Crippen LogP contribution in [-0.4, -0.2) is 36.0 Å². The molecular formula is C19H22ClF3N4O2. The third-order valence-electron chi connectivity index (χ3n) is 5.45. The molecule has 2 aliphatic heterocycles. The molecular weight excluding hydrogens is 409 g/mol. The third-order valence-corrected chi connectivity index (χ3v) is 5.78. The van der Waals surface area contributed by atoms with E-state index in [0.29, 0.717) is 19.3 Å². The minimum Gasteiger partial charge on any atom is -0.334 e. The zero-order valence-electron chi connectivity index (χ0n) is 16.1. The van der Waals surface area contributed by atoms with Crippen LogP contribution in [0.5, 0.6) is 0 Å². The van der Waals surface area contributed by atoms with E-state index in [1.54, 1.807) is 6.92 Å². The van der Waals surface area contributed by atoms with Crippen molar-refractivity contribution < 1.29 is 22.8 Å². The highest BCUT2D eigenvalue weighted by Gasteiger charge is 2.52. The molecule has 0 spiro atoms. The summed E-state index contributed by atoms with van der Waals surface area (Å²) in [6.45, 7) is 3.76. The summed E-state index contributed by atoms with van der Waals surface area (Å²) in [4.78, 5) is 33.0. The van der Waals surface area contributed by atoms with Crippen LogP contribution in [0.2, 0.25) is 5.02 Å². The first-order valence-corrected chi connectivity index (χ1v) is 9.81. The number of nitrogens with zero attached hydrogens (tertiary/aromatic N) is 3. The number of rotatable bonds is 5. The lowest BCUT2D eigenvalue weighted by Gasteiger charge is -2.44. The molecule has 29 heavy (non-hydrogen) atoms. The number of aliphatic imine (C=N–C) groups is 1. The normalized spacial score (nSPS) is 22.3. The number of hydrogen-bond donors (Lipinski definition) is 1. The largest absolute Gasteiger partial charge is 0.417 e. The van der Waals surface area contributed by atoms with Crippen molar-refractivity contribution in [2.45, 2.75) is 45.7 Å². The topological polar surface area (TPSA) is 65.0 Å². The van der Waals surface area contributed by atoms with Gasteiger partial charge in [0.05, 0.1) is 10.6 Å². The predicted octanol–water partition coefficient (Wildman–Crippen LogP) is 3.99. The van der Waals surface area contributed by atoms with Gasteiger partial charge in [-0.05, 0) is 31.0 Å². The smallest absolute Gasteiger partial charge is 0.334 e. The number of anilines is 1. The molecule has 0 aliphatic carbocycles. The Morgan fingerprint density at radius 2 is 2.00 bits per heavy atom. The van der Waals surface area contributed by atoms with Crippen LogP contribution in [0.15, 0.2) is 23.2 Å². The SMILES string of the molecule is CCCCC1(CC)C(=O)NC2=NCN(c3ccc(Cl)c(C(F)(F)F)c3)CN2C1=O. The first-order valence-electron chi connectivity index (χ1n) is 9.43. The second kappa shape index (κ2) is 7.85. The van der Waals surface area contributed by atoms with E-state index in [0.717, 1.165) is 12.5 Å². The van der Waals surface area contributed by atoms with Crippen molar-refractivity contribution in [2.24, 2.45) is 10.4 Å². The Labute approximate surface area is 171 Å². The number of carbonyl (C=O) groups excluding carboxylic acids is 2. The van der Waals surface area contributed by atoms with Crippen molar-refractivity contribution in [2.75, 3.05) is 18.2 Å². The number of unbranched alkanes of at least 4 members (excludes halogenated alkanes) is 1. The van der Waals surface area contributed by atoms with Crippen LogP contribution < -0.4 is 10.2 Å². The summed E-state index contributed by atoms with van der Waals surface area (Å²) in [5.74, 6) is -0.597. The van der Waals surface area contributed by atoms with E-state index in [2.05, 4.69) is 10.3 Å². The van der Waals surface area contributed by atoms with Crippen LogP contribution in [0.4, 0.5) is 18.9 Å². The lowest BCUT2D eigenvalue weighted by molar-refractivity contribution is -0.151. The minimum atomic E-state index is -4.59. The lowest BCUT2D eigenvalue weighted by atomic mass is 9.76. The molecule has 0 aromatic heterocycles. The number of amides is 2. The molecule has 1 aromatic carbocycles. The van der Waals surface area contributed by atoms with E-state index in [1.807, 2.05) is 6.92 Å². The molecule has 2 aliphatic rings. The van der Waals surface area contributed by atoms with Gasteiger partial charge in [-0.25, -0.2) is 4.99 Å². The Morgan fingerprint density at radius 3 is 2.62 bits per heavy atom. The zero-order chi connectivity index (χ0) is 21.4. The lowest BCUT2D eigenvalue weighted by Crippen LogP contribution is -2.67. The number of nitrogens with one attached hydrogen (secondary N) is 1. The van der Waals surface area contributed by atoms with Gasteiger partial charge in [0.15, 0.2) is 0 Å². The second-order valence-corrected chi connectivity index (χ2v) is 7.60. The number of fused-ring (bicyclic) bond motifs is 1. The second-order valence-electron chi connectivity index (χ2n) is 7.19. The van der Waals surface area contributed by atoms with Crippen molar-refractivity contribution in [3.63, 3.8) is 0 Å². The minimum absolute atomic E-state index is 0.00636. The van der Waals surface area contributed by atoms with Crippen molar-refractivity contribution in [3.05, 3.63) is 28.8 Å². The van der Waals surface area contributed by atoms with Crippen molar-refractivity contribution >= 4 is 35.1 Å². The maximum absolute atomic E-state index is 13.2. The molecule has 1 N–H and O–H groups in total. The molecule has 1 unspecified atom stereocenters. The van der Waals surface area contributed by atoms with Crippen LogP contribution in [-0.2, 0) is 15.8 Å². The van der Waals surface area contributed by atoms with Crippen LogP contribution >= 0.6 is 11.6 Å². The van der Waals surface area contributed by atoms with Crippen molar-refractivity contribution in [3.8, 4) is 0 Å². The summed E-state index contributed by atoms with van der Waals surface area (Å²) in [6, 6.07) is 3.57. The van der Waals surface area contributed by atoms with Gasteiger partial charge in [-0.1, -0.05) is 38.3 Å². The molecule has 0 bridgehead atoms. The monoisotopic (exact) mass is 430 g/mol. The Balaban J connectivity index is 1.91. The Morgan fingerprint density at radius 1 is 1.28 bits per heavy atom. The van der Waals surface area contributed by atoms with Gasteiger partial charge in [-0.3, -0.25) is 19.8 Å². The maximum Gasteiger partial charge on any atom is 0.417 e. The Bertz CT molecular complexity index is 858. The number of hydrogen-bond acceptors (Lipinski definition) is 4. The summed E-state index contributed by atoms with van der Waals surface area (Å²) in [7, 11) is 0. The number of halogens is 4. The van der Waals surface area contributed by atoms with Gasteiger partial charge < -0.3 is 4.90 Å². The first kappa shape index (κ1) is 21.4. The molecule has 3 rings (SSSR count). The molecule has 2 amide bonds. The first-order chi connectivity index (χ1) is 13.6. The average Bonchev–Trinajstić information content (AvgIpc) is 2.68. The highest BCUT2D eigenvalue weighted by molar-refractivity contribution is 6.31. The number of carbonyl (C=O) groups is 2. The quantitative estimate of drug-likeness (QED) is 0.718. The van der Waals surface area contributed by atoms with Gasteiger partial charge in [-0.2, -0.15) is 13.2 Å². The molecule has 1 aromatic rings. The maximum atomic E-state index is 13.2. The summed E-state index contributed by atoms with van der Waals surface area (Å²) in [5.41, 5.74) is -1.89. The van der Waals surface area contributed by atoms with Gasteiger partial charge in [0.25, 0.3) is 0 Å².